The molecule has 28 heavy (non-hydrogen) atoms. The van der Waals surface area contributed by atoms with Crippen molar-refractivity contribution in [3.63, 3.8) is 0 Å². The molecule has 0 amide bonds. The van der Waals surface area contributed by atoms with Gasteiger partial charge in [0.15, 0.2) is 5.78 Å². The van der Waals surface area contributed by atoms with Crippen molar-refractivity contribution in [2.24, 2.45) is 11.3 Å². The number of carbonyl (C=O) groups is 1. The number of hydrogen-bond acceptors (Lipinski definition) is 3. The quantitative estimate of drug-likeness (QED) is 0.645. The van der Waals surface area contributed by atoms with Crippen LogP contribution in [0.15, 0.2) is 59.7 Å². The van der Waals surface area contributed by atoms with Crippen molar-refractivity contribution < 1.29 is 15.0 Å². The van der Waals surface area contributed by atoms with Crippen LogP contribution in [-0.4, -0.2) is 16.0 Å². The first-order chi connectivity index (χ1) is 13.3. The zero-order valence-corrected chi connectivity index (χ0v) is 16.8. The third-order valence-corrected chi connectivity index (χ3v) is 5.95. The lowest BCUT2D eigenvalue weighted by atomic mass is 9.66. The van der Waals surface area contributed by atoms with Crippen molar-refractivity contribution in [3.05, 3.63) is 70.8 Å². The number of Topliss-reactive ketones (excluding diaryl/α,β-unsaturated/α-hetero) is 1. The number of benzene rings is 2. The van der Waals surface area contributed by atoms with Gasteiger partial charge >= 0.3 is 0 Å². The van der Waals surface area contributed by atoms with Gasteiger partial charge in [0, 0.05) is 11.1 Å². The molecule has 1 saturated carbocycles. The molecular weight excluding hydrogens is 348 g/mol. The summed E-state index contributed by atoms with van der Waals surface area (Å²) in [5, 5.41) is 19.5. The molecule has 3 nitrogen and oxygen atoms in total. The van der Waals surface area contributed by atoms with E-state index >= 15 is 0 Å². The summed E-state index contributed by atoms with van der Waals surface area (Å²) in [6.45, 7) is 6.70. The Kier molecular flexibility index (Phi) is 5.73. The van der Waals surface area contributed by atoms with Crippen LogP contribution in [0.1, 0.15) is 51.2 Å². The number of rotatable bonds is 4. The second-order valence-corrected chi connectivity index (χ2v) is 8.31. The summed E-state index contributed by atoms with van der Waals surface area (Å²) in [6, 6.07) is 14.0. The maximum absolute atomic E-state index is 13.2. The summed E-state index contributed by atoms with van der Waals surface area (Å²) in [5.41, 5.74) is 3.31. The van der Waals surface area contributed by atoms with Crippen LogP contribution in [0, 0.1) is 11.3 Å². The Balaban J connectivity index is 2.03. The fourth-order valence-corrected chi connectivity index (χ4v) is 3.72. The van der Waals surface area contributed by atoms with Crippen LogP contribution in [0.25, 0.3) is 12.2 Å². The van der Waals surface area contributed by atoms with Crippen molar-refractivity contribution in [1.82, 2.24) is 0 Å². The smallest absolute Gasteiger partial charge is 0.185 e. The van der Waals surface area contributed by atoms with E-state index in [2.05, 4.69) is 20.8 Å². The second-order valence-electron chi connectivity index (χ2n) is 8.31. The molecular formula is C25H28O3. The van der Waals surface area contributed by atoms with Crippen molar-refractivity contribution in [1.29, 1.82) is 0 Å². The third-order valence-electron chi connectivity index (χ3n) is 5.95. The van der Waals surface area contributed by atoms with Gasteiger partial charge in [0.25, 0.3) is 0 Å². The van der Waals surface area contributed by atoms with Gasteiger partial charge in [-0.15, -0.1) is 0 Å². The minimum Gasteiger partial charge on any atom is -0.508 e. The molecule has 3 rings (SSSR count). The third kappa shape index (κ3) is 4.53. The fraction of sp³-hybridized carbons (Fsp3) is 0.320. The van der Waals surface area contributed by atoms with Crippen LogP contribution in [0.2, 0.25) is 0 Å². The number of aromatic hydroxyl groups is 2. The van der Waals surface area contributed by atoms with Gasteiger partial charge in [-0.3, -0.25) is 4.79 Å². The molecule has 1 aliphatic rings. The predicted molar refractivity (Wildman–Crippen MR) is 114 cm³/mol. The molecule has 1 unspecified atom stereocenters. The molecule has 0 radical (unpaired) electrons. The number of phenolic OH excluding ortho intramolecular Hbond substituents is 2. The molecule has 2 aromatic rings. The molecule has 0 heterocycles. The predicted octanol–water partition coefficient (Wildman–Crippen LogP) is 5.98. The highest BCUT2D eigenvalue weighted by atomic mass is 16.3. The van der Waals surface area contributed by atoms with E-state index in [9.17, 15) is 15.0 Å². The average Bonchev–Trinajstić information content (AvgIpc) is 2.65. The van der Waals surface area contributed by atoms with Crippen LogP contribution in [0.4, 0.5) is 0 Å². The minimum absolute atomic E-state index is 0.0508. The van der Waals surface area contributed by atoms with Gasteiger partial charge in [-0.05, 0) is 71.7 Å². The zero-order valence-electron chi connectivity index (χ0n) is 16.8. The fourth-order valence-electron chi connectivity index (χ4n) is 3.72. The van der Waals surface area contributed by atoms with Crippen molar-refractivity contribution in [2.75, 3.05) is 0 Å². The molecule has 0 aromatic heterocycles. The second kappa shape index (κ2) is 8.05. The van der Waals surface area contributed by atoms with Gasteiger partial charge in [0.2, 0.25) is 0 Å². The summed E-state index contributed by atoms with van der Waals surface area (Å²) in [7, 11) is 0. The molecule has 3 heteroatoms. The number of hydrogen-bond donors (Lipinski definition) is 2. The van der Waals surface area contributed by atoms with E-state index < -0.39 is 0 Å². The maximum Gasteiger partial charge on any atom is 0.185 e. The molecule has 0 aliphatic heterocycles. The molecule has 0 bridgehead atoms. The molecule has 1 atom stereocenters. The lowest BCUT2D eigenvalue weighted by Gasteiger charge is -2.37. The normalized spacial score (nSPS) is 20.7. The summed E-state index contributed by atoms with van der Waals surface area (Å²) in [6.07, 6.45) is 6.29. The summed E-state index contributed by atoms with van der Waals surface area (Å²) < 4.78 is 0. The van der Waals surface area contributed by atoms with Crippen LogP contribution < -0.4 is 0 Å². The van der Waals surface area contributed by atoms with Gasteiger partial charge in [-0.25, -0.2) is 0 Å². The molecule has 2 N–H and O–H groups in total. The molecule has 1 fully saturated rings. The zero-order chi connectivity index (χ0) is 20.3. The number of carbonyl (C=O) groups excluding carboxylic acids is 1. The van der Waals surface area contributed by atoms with Gasteiger partial charge < -0.3 is 10.2 Å². The monoisotopic (exact) mass is 376 g/mol. The Bertz CT molecular complexity index is 867. The number of allylic oxidation sites excluding steroid dienone is 2. The van der Waals surface area contributed by atoms with Crippen LogP contribution in [0.5, 0.6) is 11.5 Å². The highest BCUT2D eigenvalue weighted by Gasteiger charge is 2.36. The largest absolute Gasteiger partial charge is 0.508 e. The standard InChI is InChI=1S/C25H28O3/c1-4-25(2,3)21-15-19(11-17-7-5-9-22(26)13-17)24(28)20(16-21)12-18-8-6-10-23(27)14-18/h5-14,21,26-27H,4,15-16H2,1-3H3/b19-11-,20-12+. The maximum atomic E-state index is 13.2. The Morgan fingerprint density at radius 1 is 0.929 bits per heavy atom. The van der Waals surface area contributed by atoms with Crippen LogP contribution in [-0.2, 0) is 4.79 Å². The Labute approximate surface area is 167 Å². The van der Waals surface area contributed by atoms with E-state index in [0.29, 0.717) is 5.92 Å². The number of phenols is 2. The number of ketones is 1. The molecule has 1 aliphatic carbocycles. The SMILES string of the molecule is CCC(C)(C)C1C/C(=C/c2cccc(O)c2)C(=O)/C(=C/c2cccc(O)c2)C1. The molecule has 2 aromatic carbocycles. The van der Waals surface area contributed by atoms with Crippen molar-refractivity contribution in [2.45, 2.75) is 40.0 Å². The Morgan fingerprint density at radius 2 is 1.39 bits per heavy atom. The van der Waals surface area contributed by atoms with Crippen molar-refractivity contribution in [3.8, 4) is 11.5 Å². The highest BCUT2D eigenvalue weighted by molar-refractivity contribution is 6.14. The lowest BCUT2D eigenvalue weighted by molar-refractivity contribution is -0.113. The molecule has 0 saturated heterocycles. The first-order valence-corrected chi connectivity index (χ1v) is 9.82. The van der Waals surface area contributed by atoms with E-state index in [1.807, 2.05) is 24.3 Å². The molecule has 146 valence electrons. The van der Waals surface area contributed by atoms with Crippen molar-refractivity contribution >= 4 is 17.9 Å². The average molecular weight is 376 g/mol. The first kappa shape index (κ1) is 19.9. The van der Waals surface area contributed by atoms with Gasteiger partial charge in [0.05, 0.1) is 0 Å². The van der Waals surface area contributed by atoms with Gasteiger partial charge in [0.1, 0.15) is 11.5 Å². The Morgan fingerprint density at radius 3 is 1.79 bits per heavy atom. The van der Waals surface area contributed by atoms with E-state index in [1.165, 1.54) is 0 Å². The first-order valence-electron chi connectivity index (χ1n) is 9.82. The topological polar surface area (TPSA) is 57.5 Å². The van der Waals surface area contributed by atoms with E-state index in [4.69, 9.17) is 0 Å². The van der Waals surface area contributed by atoms with Gasteiger partial charge in [-0.1, -0.05) is 51.5 Å². The lowest BCUT2D eigenvalue weighted by Crippen LogP contribution is -2.30. The summed E-state index contributed by atoms with van der Waals surface area (Å²) in [4.78, 5) is 13.2. The highest BCUT2D eigenvalue weighted by Crippen LogP contribution is 2.44. The molecule has 0 spiro atoms. The van der Waals surface area contributed by atoms with E-state index in [0.717, 1.165) is 41.5 Å². The summed E-state index contributed by atoms with van der Waals surface area (Å²) in [5.74, 6) is 0.786. The van der Waals surface area contributed by atoms with E-state index in [1.54, 1.807) is 36.4 Å². The van der Waals surface area contributed by atoms with Crippen LogP contribution in [0.3, 0.4) is 0 Å². The van der Waals surface area contributed by atoms with Crippen LogP contribution >= 0.6 is 0 Å². The Hall–Kier alpha value is -2.81. The summed E-state index contributed by atoms with van der Waals surface area (Å²) >= 11 is 0. The minimum atomic E-state index is 0.0508. The van der Waals surface area contributed by atoms with Gasteiger partial charge in [-0.2, -0.15) is 0 Å². The van der Waals surface area contributed by atoms with E-state index in [-0.39, 0.29) is 22.7 Å².